The van der Waals surface area contributed by atoms with E-state index in [4.69, 9.17) is 9.84 Å². The quantitative estimate of drug-likeness (QED) is 0.781. The minimum absolute atomic E-state index is 0.0162. The molecular weight excluding hydrogens is 196 g/mol. The summed E-state index contributed by atoms with van der Waals surface area (Å²) >= 11 is 0. The van der Waals surface area contributed by atoms with E-state index < -0.39 is 5.97 Å². The fourth-order valence-corrected chi connectivity index (χ4v) is 1.21. The minimum Gasteiger partial charge on any atom is -0.487 e. The standard InChI is InChI=1S/C10H12N2O3/c1-11-9-8(15-6-2-3-6)5-4-7(12-9)10(13)14/h4-6H,2-3H2,1H3,(H,11,12)(H,13,14). The predicted molar refractivity (Wildman–Crippen MR) is 54.4 cm³/mol. The van der Waals surface area contributed by atoms with Crippen LogP contribution in [0.5, 0.6) is 5.75 Å². The largest absolute Gasteiger partial charge is 0.487 e. The number of carbonyl (C=O) groups is 1. The van der Waals surface area contributed by atoms with Gasteiger partial charge in [-0.3, -0.25) is 0 Å². The SMILES string of the molecule is CNc1nc(C(=O)O)ccc1OC1CC1. The Morgan fingerprint density at radius 1 is 1.60 bits per heavy atom. The first-order chi connectivity index (χ1) is 7.20. The van der Waals surface area contributed by atoms with Crippen LogP contribution in [-0.2, 0) is 0 Å². The van der Waals surface area contributed by atoms with Crippen molar-refractivity contribution < 1.29 is 14.6 Å². The molecule has 1 aromatic rings. The Morgan fingerprint density at radius 3 is 2.87 bits per heavy atom. The van der Waals surface area contributed by atoms with E-state index in [0.717, 1.165) is 12.8 Å². The maximum absolute atomic E-state index is 10.7. The Bertz CT molecular complexity index is 388. The van der Waals surface area contributed by atoms with Gasteiger partial charge in [-0.15, -0.1) is 0 Å². The summed E-state index contributed by atoms with van der Waals surface area (Å²) in [4.78, 5) is 14.6. The van der Waals surface area contributed by atoms with Gasteiger partial charge in [0.25, 0.3) is 0 Å². The molecule has 1 saturated carbocycles. The van der Waals surface area contributed by atoms with E-state index in [-0.39, 0.29) is 11.8 Å². The van der Waals surface area contributed by atoms with E-state index in [1.807, 2.05) is 0 Å². The molecule has 2 rings (SSSR count). The molecular formula is C10H12N2O3. The number of aromatic carboxylic acids is 1. The second-order valence-electron chi connectivity index (χ2n) is 3.42. The molecule has 2 N–H and O–H groups in total. The lowest BCUT2D eigenvalue weighted by molar-refractivity contribution is 0.0690. The van der Waals surface area contributed by atoms with Crippen LogP contribution in [0.25, 0.3) is 0 Å². The van der Waals surface area contributed by atoms with Crippen LogP contribution in [0.3, 0.4) is 0 Å². The number of pyridine rings is 1. The molecule has 5 heteroatoms. The molecule has 0 aliphatic heterocycles. The van der Waals surface area contributed by atoms with Gasteiger partial charge in [-0.1, -0.05) is 0 Å². The van der Waals surface area contributed by atoms with Crippen LogP contribution in [0.1, 0.15) is 23.3 Å². The number of anilines is 1. The summed E-state index contributed by atoms with van der Waals surface area (Å²) in [5, 5.41) is 11.6. The third kappa shape index (κ3) is 2.18. The molecule has 0 saturated heterocycles. The highest BCUT2D eigenvalue weighted by Crippen LogP contribution is 2.30. The third-order valence-electron chi connectivity index (χ3n) is 2.13. The number of ether oxygens (including phenoxy) is 1. The maximum atomic E-state index is 10.7. The van der Waals surface area contributed by atoms with Gasteiger partial charge in [-0.25, -0.2) is 9.78 Å². The zero-order chi connectivity index (χ0) is 10.8. The maximum Gasteiger partial charge on any atom is 0.354 e. The van der Waals surface area contributed by atoms with Gasteiger partial charge in [-0.05, 0) is 25.0 Å². The molecule has 1 aliphatic carbocycles. The van der Waals surface area contributed by atoms with Gasteiger partial charge in [0.2, 0.25) is 0 Å². The smallest absolute Gasteiger partial charge is 0.354 e. The summed E-state index contributed by atoms with van der Waals surface area (Å²) in [6, 6.07) is 3.08. The fraction of sp³-hybridized carbons (Fsp3) is 0.400. The zero-order valence-electron chi connectivity index (χ0n) is 8.36. The third-order valence-corrected chi connectivity index (χ3v) is 2.13. The van der Waals surface area contributed by atoms with Gasteiger partial charge in [-0.2, -0.15) is 0 Å². The van der Waals surface area contributed by atoms with E-state index in [2.05, 4.69) is 10.3 Å². The molecule has 1 fully saturated rings. The summed E-state index contributed by atoms with van der Waals surface area (Å²) in [6.07, 6.45) is 2.39. The lowest BCUT2D eigenvalue weighted by Crippen LogP contribution is -2.06. The first-order valence-electron chi connectivity index (χ1n) is 4.79. The Hall–Kier alpha value is -1.78. The summed E-state index contributed by atoms with van der Waals surface area (Å²) in [5.74, 6) is 0.0521. The molecule has 80 valence electrons. The van der Waals surface area contributed by atoms with Crippen molar-refractivity contribution in [2.45, 2.75) is 18.9 Å². The van der Waals surface area contributed by atoms with Gasteiger partial charge in [0.15, 0.2) is 17.3 Å². The van der Waals surface area contributed by atoms with Crippen LogP contribution in [0.2, 0.25) is 0 Å². The zero-order valence-corrected chi connectivity index (χ0v) is 8.36. The molecule has 1 aromatic heterocycles. The Balaban J connectivity index is 2.25. The molecule has 1 aliphatic rings. The van der Waals surface area contributed by atoms with Crippen molar-refractivity contribution in [1.82, 2.24) is 4.98 Å². The molecule has 0 atom stereocenters. The molecule has 0 unspecified atom stereocenters. The molecule has 0 radical (unpaired) electrons. The molecule has 0 amide bonds. The van der Waals surface area contributed by atoms with Crippen molar-refractivity contribution >= 4 is 11.8 Å². The number of carboxylic acid groups (broad SMARTS) is 1. The van der Waals surface area contributed by atoms with E-state index in [0.29, 0.717) is 11.6 Å². The van der Waals surface area contributed by atoms with Crippen LogP contribution in [0.15, 0.2) is 12.1 Å². The van der Waals surface area contributed by atoms with Crippen LogP contribution in [0.4, 0.5) is 5.82 Å². The van der Waals surface area contributed by atoms with Gasteiger partial charge >= 0.3 is 5.97 Å². The van der Waals surface area contributed by atoms with Crippen LogP contribution >= 0.6 is 0 Å². The summed E-state index contributed by atoms with van der Waals surface area (Å²) in [6.45, 7) is 0. The fourth-order valence-electron chi connectivity index (χ4n) is 1.21. The second kappa shape index (κ2) is 3.76. The lowest BCUT2D eigenvalue weighted by atomic mass is 10.3. The number of nitrogens with zero attached hydrogens (tertiary/aromatic N) is 1. The number of rotatable bonds is 4. The monoisotopic (exact) mass is 208 g/mol. The topological polar surface area (TPSA) is 71.5 Å². The van der Waals surface area contributed by atoms with Crippen LogP contribution in [0, 0.1) is 0 Å². The molecule has 0 bridgehead atoms. The number of aromatic nitrogens is 1. The Morgan fingerprint density at radius 2 is 2.33 bits per heavy atom. The average Bonchev–Trinajstić information content (AvgIpc) is 3.02. The van der Waals surface area contributed by atoms with E-state index >= 15 is 0 Å². The van der Waals surface area contributed by atoms with Gasteiger partial charge < -0.3 is 15.2 Å². The van der Waals surface area contributed by atoms with E-state index in [1.54, 1.807) is 13.1 Å². The van der Waals surface area contributed by atoms with Crippen molar-refractivity contribution in [3.8, 4) is 5.75 Å². The predicted octanol–water partition coefficient (Wildman–Crippen LogP) is 1.36. The number of nitrogens with one attached hydrogen (secondary N) is 1. The molecule has 1 heterocycles. The average molecular weight is 208 g/mol. The molecule has 15 heavy (non-hydrogen) atoms. The van der Waals surface area contributed by atoms with Crippen LogP contribution < -0.4 is 10.1 Å². The van der Waals surface area contributed by atoms with E-state index in [9.17, 15) is 4.79 Å². The summed E-state index contributed by atoms with van der Waals surface area (Å²) < 4.78 is 5.56. The van der Waals surface area contributed by atoms with Crippen molar-refractivity contribution in [1.29, 1.82) is 0 Å². The van der Waals surface area contributed by atoms with Gasteiger partial charge in [0.05, 0.1) is 6.10 Å². The highest BCUT2D eigenvalue weighted by Gasteiger charge is 2.25. The van der Waals surface area contributed by atoms with Crippen molar-refractivity contribution in [2.24, 2.45) is 0 Å². The van der Waals surface area contributed by atoms with Crippen molar-refractivity contribution in [2.75, 3.05) is 12.4 Å². The Kier molecular flexibility index (Phi) is 2.45. The van der Waals surface area contributed by atoms with Gasteiger partial charge in [0.1, 0.15) is 0 Å². The summed E-state index contributed by atoms with van der Waals surface area (Å²) in [5.41, 5.74) is 0.0162. The van der Waals surface area contributed by atoms with Gasteiger partial charge in [0, 0.05) is 7.05 Å². The highest BCUT2D eigenvalue weighted by molar-refractivity contribution is 5.86. The minimum atomic E-state index is -1.04. The number of hydrogen-bond acceptors (Lipinski definition) is 4. The van der Waals surface area contributed by atoms with Crippen LogP contribution in [-0.4, -0.2) is 29.2 Å². The molecule has 0 spiro atoms. The lowest BCUT2D eigenvalue weighted by Gasteiger charge is -2.09. The highest BCUT2D eigenvalue weighted by atomic mass is 16.5. The molecule has 5 nitrogen and oxygen atoms in total. The molecule has 0 aromatic carbocycles. The Labute approximate surface area is 87.1 Å². The second-order valence-corrected chi connectivity index (χ2v) is 3.42. The first kappa shape index (κ1) is 9.76. The normalized spacial score (nSPS) is 14.7. The number of carboxylic acids is 1. The van der Waals surface area contributed by atoms with Crippen molar-refractivity contribution in [3.63, 3.8) is 0 Å². The van der Waals surface area contributed by atoms with E-state index in [1.165, 1.54) is 6.07 Å². The van der Waals surface area contributed by atoms with Crippen molar-refractivity contribution in [3.05, 3.63) is 17.8 Å². The summed E-state index contributed by atoms with van der Waals surface area (Å²) in [7, 11) is 1.69. The first-order valence-corrected chi connectivity index (χ1v) is 4.79. The number of hydrogen-bond donors (Lipinski definition) is 2.